The minimum atomic E-state index is 0.154. The number of nitrogens with two attached hydrogens (primary N) is 1. The number of ether oxygens (including phenoxy) is 1. The molecule has 0 amide bonds. The van der Waals surface area contributed by atoms with E-state index in [1.165, 1.54) is 0 Å². The Morgan fingerprint density at radius 3 is 2.71 bits per heavy atom. The van der Waals surface area contributed by atoms with E-state index in [1.807, 2.05) is 29.3 Å². The van der Waals surface area contributed by atoms with E-state index in [1.54, 1.807) is 0 Å². The number of halogens is 1. The Morgan fingerprint density at radius 1 is 1.36 bits per heavy atom. The standard InChI is InChI=1S/C10H13ClN2O/c11-9-3-1-8(2-4-9)10-7-14-6-5-13(10)12/h1-4,10H,5-7,12H2. The maximum Gasteiger partial charge on any atom is 0.0725 e. The third-order valence-electron chi connectivity index (χ3n) is 2.42. The average molecular weight is 213 g/mol. The SMILES string of the molecule is NN1CCOCC1c1ccc(Cl)cc1. The van der Waals surface area contributed by atoms with Crippen molar-refractivity contribution in [3.8, 4) is 0 Å². The van der Waals surface area contributed by atoms with E-state index >= 15 is 0 Å². The van der Waals surface area contributed by atoms with Crippen molar-refractivity contribution in [2.75, 3.05) is 19.8 Å². The molecular weight excluding hydrogens is 200 g/mol. The van der Waals surface area contributed by atoms with Gasteiger partial charge >= 0.3 is 0 Å². The third-order valence-corrected chi connectivity index (χ3v) is 2.68. The molecule has 1 aromatic rings. The molecule has 1 unspecified atom stereocenters. The maximum absolute atomic E-state index is 5.87. The molecule has 1 heterocycles. The second-order valence-corrected chi connectivity index (χ2v) is 3.82. The number of benzene rings is 1. The zero-order valence-electron chi connectivity index (χ0n) is 7.82. The second-order valence-electron chi connectivity index (χ2n) is 3.38. The fraction of sp³-hybridized carbons (Fsp3) is 0.400. The fourth-order valence-corrected chi connectivity index (χ4v) is 1.72. The molecule has 2 N–H and O–H groups in total. The molecule has 14 heavy (non-hydrogen) atoms. The van der Waals surface area contributed by atoms with Gasteiger partial charge in [0, 0.05) is 11.6 Å². The Hall–Kier alpha value is -0.610. The molecule has 3 nitrogen and oxygen atoms in total. The summed E-state index contributed by atoms with van der Waals surface area (Å²) in [6, 6.07) is 7.88. The lowest BCUT2D eigenvalue weighted by Crippen LogP contribution is -2.43. The van der Waals surface area contributed by atoms with Gasteiger partial charge in [-0.1, -0.05) is 23.7 Å². The van der Waals surface area contributed by atoms with E-state index in [4.69, 9.17) is 22.2 Å². The predicted molar refractivity (Wildman–Crippen MR) is 55.9 cm³/mol. The number of morpholine rings is 1. The van der Waals surface area contributed by atoms with Crippen LogP contribution in [0, 0.1) is 0 Å². The van der Waals surface area contributed by atoms with Gasteiger partial charge in [-0.3, -0.25) is 5.84 Å². The molecule has 0 aliphatic carbocycles. The topological polar surface area (TPSA) is 38.5 Å². The molecule has 4 heteroatoms. The summed E-state index contributed by atoms with van der Waals surface area (Å²) in [5.74, 6) is 5.87. The van der Waals surface area contributed by atoms with Gasteiger partial charge in [0.15, 0.2) is 0 Å². The number of rotatable bonds is 1. The van der Waals surface area contributed by atoms with Crippen molar-refractivity contribution in [1.82, 2.24) is 5.01 Å². The van der Waals surface area contributed by atoms with Crippen LogP contribution in [0.1, 0.15) is 11.6 Å². The summed E-state index contributed by atoms with van der Waals surface area (Å²) in [5.41, 5.74) is 1.15. The molecule has 76 valence electrons. The maximum atomic E-state index is 5.87. The zero-order chi connectivity index (χ0) is 9.97. The first-order valence-corrected chi connectivity index (χ1v) is 5.00. The molecular formula is C10H13ClN2O. The second kappa shape index (κ2) is 4.28. The lowest BCUT2D eigenvalue weighted by Gasteiger charge is -2.32. The van der Waals surface area contributed by atoms with Crippen LogP contribution in [-0.4, -0.2) is 24.8 Å². The summed E-state index contributed by atoms with van der Waals surface area (Å²) in [6.45, 7) is 2.13. The Labute approximate surface area is 88.4 Å². The summed E-state index contributed by atoms with van der Waals surface area (Å²) in [5, 5.41) is 2.56. The molecule has 2 rings (SSSR count). The minimum Gasteiger partial charge on any atom is -0.378 e. The largest absolute Gasteiger partial charge is 0.378 e. The summed E-state index contributed by atoms with van der Waals surface area (Å²) in [7, 11) is 0. The van der Waals surface area contributed by atoms with Crippen LogP contribution < -0.4 is 5.84 Å². The van der Waals surface area contributed by atoms with Crippen LogP contribution in [-0.2, 0) is 4.74 Å². The number of hydrogen-bond donors (Lipinski definition) is 1. The van der Waals surface area contributed by atoms with Crippen LogP contribution in [0.5, 0.6) is 0 Å². The first kappa shape index (κ1) is 9.93. The van der Waals surface area contributed by atoms with Gasteiger partial charge in [-0.15, -0.1) is 0 Å². The van der Waals surface area contributed by atoms with Crippen LogP contribution >= 0.6 is 11.6 Å². The van der Waals surface area contributed by atoms with Crippen LogP contribution in [0.4, 0.5) is 0 Å². The highest BCUT2D eigenvalue weighted by Gasteiger charge is 2.21. The Morgan fingerprint density at radius 2 is 2.07 bits per heavy atom. The first-order valence-electron chi connectivity index (χ1n) is 4.62. The molecule has 1 aliphatic rings. The van der Waals surface area contributed by atoms with Gasteiger partial charge in [-0.25, -0.2) is 5.01 Å². The lowest BCUT2D eigenvalue weighted by atomic mass is 10.1. The molecule has 1 saturated heterocycles. The van der Waals surface area contributed by atoms with Gasteiger partial charge in [0.2, 0.25) is 0 Å². The molecule has 0 bridgehead atoms. The summed E-state index contributed by atoms with van der Waals surface area (Å²) >= 11 is 5.81. The lowest BCUT2D eigenvalue weighted by molar-refractivity contribution is -0.00894. The first-order chi connectivity index (χ1) is 6.77. The Kier molecular flexibility index (Phi) is 3.03. The molecule has 0 spiro atoms. The fourth-order valence-electron chi connectivity index (χ4n) is 1.59. The third kappa shape index (κ3) is 2.07. The van der Waals surface area contributed by atoms with Crippen LogP contribution in [0.2, 0.25) is 5.02 Å². The van der Waals surface area contributed by atoms with Crippen molar-refractivity contribution in [2.24, 2.45) is 5.84 Å². The Balaban J connectivity index is 2.16. The quantitative estimate of drug-likeness (QED) is 0.719. The minimum absolute atomic E-state index is 0.154. The highest BCUT2D eigenvalue weighted by Crippen LogP contribution is 2.22. The van der Waals surface area contributed by atoms with Gasteiger partial charge in [0.25, 0.3) is 0 Å². The summed E-state index contributed by atoms with van der Waals surface area (Å²) in [6.07, 6.45) is 0. The van der Waals surface area contributed by atoms with Crippen molar-refractivity contribution < 1.29 is 4.74 Å². The van der Waals surface area contributed by atoms with Gasteiger partial charge < -0.3 is 4.74 Å². The van der Waals surface area contributed by atoms with Crippen molar-refractivity contribution in [1.29, 1.82) is 0 Å². The summed E-state index contributed by atoms with van der Waals surface area (Å²) in [4.78, 5) is 0. The van der Waals surface area contributed by atoms with Crippen LogP contribution in [0.25, 0.3) is 0 Å². The van der Waals surface area contributed by atoms with E-state index in [0.717, 1.165) is 17.1 Å². The van der Waals surface area contributed by atoms with Crippen molar-refractivity contribution >= 4 is 11.6 Å². The number of hydrazine groups is 1. The highest BCUT2D eigenvalue weighted by molar-refractivity contribution is 6.30. The van der Waals surface area contributed by atoms with E-state index in [-0.39, 0.29) is 6.04 Å². The zero-order valence-corrected chi connectivity index (χ0v) is 8.57. The van der Waals surface area contributed by atoms with Gasteiger partial charge in [0.05, 0.1) is 19.3 Å². The van der Waals surface area contributed by atoms with Crippen LogP contribution in [0.3, 0.4) is 0 Å². The molecule has 0 radical (unpaired) electrons. The molecule has 1 aromatic carbocycles. The predicted octanol–water partition coefficient (Wildman–Crippen LogP) is 1.59. The van der Waals surface area contributed by atoms with Crippen molar-refractivity contribution in [3.05, 3.63) is 34.9 Å². The summed E-state index contributed by atoms with van der Waals surface area (Å²) < 4.78 is 5.38. The van der Waals surface area contributed by atoms with E-state index in [9.17, 15) is 0 Å². The normalized spacial score (nSPS) is 23.7. The molecule has 0 saturated carbocycles. The van der Waals surface area contributed by atoms with Gasteiger partial charge in [-0.05, 0) is 17.7 Å². The molecule has 1 fully saturated rings. The van der Waals surface area contributed by atoms with Gasteiger partial charge in [0.1, 0.15) is 0 Å². The Bertz CT molecular complexity index is 301. The van der Waals surface area contributed by atoms with Gasteiger partial charge in [-0.2, -0.15) is 0 Å². The highest BCUT2D eigenvalue weighted by atomic mass is 35.5. The number of nitrogens with zero attached hydrogens (tertiary/aromatic N) is 1. The smallest absolute Gasteiger partial charge is 0.0725 e. The molecule has 0 aromatic heterocycles. The molecule has 1 atom stereocenters. The monoisotopic (exact) mass is 212 g/mol. The molecule has 1 aliphatic heterocycles. The van der Waals surface area contributed by atoms with Crippen molar-refractivity contribution in [2.45, 2.75) is 6.04 Å². The van der Waals surface area contributed by atoms with Crippen LogP contribution in [0.15, 0.2) is 24.3 Å². The van der Waals surface area contributed by atoms with E-state index < -0.39 is 0 Å². The average Bonchev–Trinajstić information content (AvgIpc) is 2.20. The number of hydrogen-bond acceptors (Lipinski definition) is 3. The van der Waals surface area contributed by atoms with E-state index in [0.29, 0.717) is 13.2 Å². The van der Waals surface area contributed by atoms with Crippen molar-refractivity contribution in [3.63, 3.8) is 0 Å². The van der Waals surface area contributed by atoms with E-state index in [2.05, 4.69) is 0 Å².